The molecule has 0 radical (unpaired) electrons. The zero-order valence-electron chi connectivity index (χ0n) is 15.6. The van der Waals surface area contributed by atoms with Gasteiger partial charge in [-0.05, 0) is 29.8 Å². The summed E-state index contributed by atoms with van der Waals surface area (Å²) >= 11 is 12.3. The Morgan fingerprint density at radius 1 is 1.00 bits per heavy atom. The highest BCUT2D eigenvalue weighted by atomic mass is 35.5. The molecule has 0 saturated carbocycles. The predicted octanol–water partition coefficient (Wildman–Crippen LogP) is 3.58. The second-order valence-corrected chi connectivity index (χ2v) is 7.35. The number of para-hydroxylation sites is 1. The molecule has 2 aromatic heterocycles. The molecular formula is C20H16Cl2N4O3. The first-order chi connectivity index (χ1) is 13.9. The van der Waals surface area contributed by atoms with Crippen molar-refractivity contribution in [1.82, 2.24) is 18.7 Å². The Balaban J connectivity index is 1.97. The van der Waals surface area contributed by atoms with E-state index in [0.717, 1.165) is 10.1 Å². The Hall–Kier alpha value is -3.03. The summed E-state index contributed by atoms with van der Waals surface area (Å²) in [7, 11) is 2.98. The number of rotatable bonds is 4. The van der Waals surface area contributed by atoms with Gasteiger partial charge in [-0.25, -0.2) is 4.79 Å². The smallest absolute Gasteiger partial charge is 0.332 e. The van der Waals surface area contributed by atoms with Crippen LogP contribution >= 0.6 is 23.2 Å². The number of aromatic nitrogens is 4. The molecule has 0 aliphatic rings. The first-order valence-electron chi connectivity index (χ1n) is 8.70. The summed E-state index contributed by atoms with van der Waals surface area (Å²) in [6.07, 6.45) is 0. The van der Waals surface area contributed by atoms with Crippen molar-refractivity contribution in [3.05, 3.63) is 85.0 Å². The van der Waals surface area contributed by atoms with Crippen molar-refractivity contribution in [2.75, 3.05) is 0 Å². The van der Waals surface area contributed by atoms with Gasteiger partial charge in [0.15, 0.2) is 11.2 Å². The number of benzene rings is 2. The molecule has 7 nitrogen and oxygen atoms in total. The molecule has 0 N–H and O–H groups in total. The van der Waals surface area contributed by atoms with E-state index in [2.05, 4.69) is 4.98 Å². The number of aryl methyl sites for hydroxylation is 1. The molecule has 0 bridgehead atoms. The summed E-state index contributed by atoms with van der Waals surface area (Å²) in [6, 6.07) is 14.4. The average molecular weight is 431 g/mol. The summed E-state index contributed by atoms with van der Waals surface area (Å²) in [5.41, 5.74) is 0.261. The minimum atomic E-state index is -0.470. The van der Waals surface area contributed by atoms with Crippen LogP contribution in [0, 0.1) is 0 Å². The van der Waals surface area contributed by atoms with Crippen LogP contribution in [0.25, 0.3) is 11.2 Å². The highest BCUT2D eigenvalue weighted by Crippen LogP contribution is 2.28. The van der Waals surface area contributed by atoms with E-state index < -0.39 is 11.2 Å². The Kier molecular flexibility index (Phi) is 4.94. The monoisotopic (exact) mass is 430 g/mol. The molecule has 0 spiro atoms. The molecule has 0 atom stereocenters. The molecule has 0 fully saturated rings. The Labute approximate surface area is 175 Å². The predicted molar refractivity (Wildman–Crippen MR) is 112 cm³/mol. The van der Waals surface area contributed by atoms with Gasteiger partial charge in [0.25, 0.3) is 5.56 Å². The quantitative estimate of drug-likeness (QED) is 0.495. The van der Waals surface area contributed by atoms with Crippen LogP contribution in [0.4, 0.5) is 0 Å². The standard InChI is InChI=1S/C20H16Cl2N4O3/c1-24-17-16(18(27)25(2)20(24)28)26(11-12-8-9-13(21)10-15(12)22)19(23-17)29-14-6-4-3-5-7-14/h3-10H,11H2,1-2H3. The summed E-state index contributed by atoms with van der Waals surface area (Å²) in [5.74, 6) is 0.549. The fourth-order valence-electron chi connectivity index (χ4n) is 3.07. The van der Waals surface area contributed by atoms with Crippen LogP contribution < -0.4 is 16.0 Å². The first kappa shape index (κ1) is 19.3. The van der Waals surface area contributed by atoms with Crippen molar-refractivity contribution in [2.24, 2.45) is 14.1 Å². The summed E-state index contributed by atoms with van der Waals surface area (Å²) in [6.45, 7) is 0.210. The molecule has 0 amide bonds. The maximum atomic E-state index is 12.9. The van der Waals surface area contributed by atoms with Crippen molar-refractivity contribution in [3.63, 3.8) is 0 Å². The molecule has 0 saturated heterocycles. The SMILES string of the molecule is Cn1c(=O)c2c(nc(Oc3ccccc3)n2Cc2ccc(Cl)cc2Cl)n(C)c1=O. The number of fused-ring (bicyclic) bond motifs is 1. The molecule has 4 rings (SSSR count). The third kappa shape index (κ3) is 3.43. The number of imidazole rings is 1. The largest absolute Gasteiger partial charge is 0.425 e. The van der Waals surface area contributed by atoms with Crippen LogP contribution in [0.1, 0.15) is 5.56 Å². The fourth-order valence-corrected chi connectivity index (χ4v) is 3.53. The van der Waals surface area contributed by atoms with Crippen LogP contribution in [0.3, 0.4) is 0 Å². The van der Waals surface area contributed by atoms with Gasteiger partial charge in [0.2, 0.25) is 0 Å². The van der Waals surface area contributed by atoms with Gasteiger partial charge in [-0.3, -0.25) is 18.5 Å². The van der Waals surface area contributed by atoms with Gasteiger partial charge in [-0.1, -0.05) is 47.5 Å². The molecule has 2 aromatic carbocycles. The van der Waals surface area contributed by atoms with Crippen LogP contribution in [0.15, 0.2) is 58.1 Å². The normalized spacial score (nSPS) is 11.2. The molecule has 29 heavy (non-hydrogen) atoms. The van der Waals surface area contributed by atoms with Crippen LogP contribution in [0.2, 0.25) is 10.0 Å². The summed E-state index contributed by atoms with van der Waals surface area (Å²) in [4.78, 5) is 29.7. The maximum absolute atomic E-state index is 12.9. The van der Waals surface area contributed by atoms with Crippen molar-refractivity contribution in [3.8, 4) is 11.8 Å². The number of hydrogen-bond donors (Lipinski definition) is 0. The third-order valence-electron chi connectivity index (χ3n) is 4.61. The molecule has 0 aliphatic heterocycles. The third-order valence-corrected chi connectivity index (χ3v) is 5.20. The van der Waals surface area contributed by atoms with E-state index >= 15 is 0 Å². The lowest BCUT2D eigenvalue weighted by atomic mass is 10.2. The second kappa shape index (κ2) is 7.42. The van der Waals surface area contributed by atoms with Gasteiger partial charge < -0.3 is 4.74 Å². The van der Waals surface area contributed by atoms with E-state index in [1.54, 1.807) is 41.9 Å². The van der Waals surface area contributed by atoms with Gasteiger partial charge >= 0.3 is 11.7 Å². The Morgan fingerprint density at radius 2 is 1.72 bits per heavy atom. The summed E-state index contributed by atoms with van der Waals surface area (Å²) in [5, 5.41) is 0.958. The maximum Gasteiger partial charge on any atom is 0.332 e. The lowest BCUT2D eigenvalue weighted by molar-refractivity contribution is 0.421. The van der Waals surface area contributed by atoms with E-state index in [0.29, 0.717) is 15.8 Å². The molecule has 0 aliphatic carbocycles. The molecule has 4 aromatic rings. The fraction of sp³-hybridized carbons (Fsp3) is 0.150. The summed E-state index contributed by atoms with van der Waals surface area (Å²) < 4.78 is 9.90. The van der Waals surface area contributed by atoms with Gasteiger partial charge in [0, 0.05) is 24.1 Å². The van der Waals surface area contributed by atoms with Crippen molar-refractivity contribution < 1.29 is 4.74 Å². The topological polar surface area (TPSA) is 71.1 Å². The number of halogens is 2. The van der Waals surface area contributed by atoms with Gasteiger partial charge in [0.1, 0.15) is 5.75 Å². The van der Waals surface area contributed by atoms with E-state index in [4.69, 9.17) is 27.9 Å². The van der Waals surface area contributed by atoms with E-state index in [1.807, 2.05) is 18.2 Å². The molecule has 2 heterocycles. The highest BCUT2D eigenvalue weighted by molar-refractivity contribution is 6.35. The van der Waals surface area contributed by atoms with Crippen LogP contribution in [-0.2, 0) is 20.6 Å². The molecule has 9 heteroatoms. The van der Waals surface area contributed by atoms with Crippen molar-refractivity contribution in [1.29, 1.82) is 0 Å². The molecule has 148 valence electrons. The first-order valence-corrected chi connectivity index (χ1v) is 9.45. The lowest BCUT2D eigenvalue weighted by Crippen LogP contribution is -2.37. The number of ether oxygens (including phenoxy) is 1. The van der Waals surface area contributed by atoms with Crippen molar-refractivity contribution >= 4 is 34.4 Å². The zero-order valence-corrected chi connectivity index (χ0v) is 17.1. The van der Waals surface area contributed by atoms with Crippen LogP contribution in [0.5, 0.6) is 11.8 Å². The van der Waals surface area contributed by atoms with E-state index in [-0.39, 0.29) is 23.7 Å². The number of nitrogens with zero attached hydrogens (tertiary/aromatic N) is 4. The second-order valence-electron chi connectivity index (χ2n) is 6.51. The Bertz CT molecular complexity index is 1340. The molecule has 0 unspecified atom stereocenters. The van der Waals surface area contributed by atoms with Gasteiger partial charge in [-0.15, -0.1) is 0 Å². The van der Waals surface area contributed by atoms with E-state index in [1.165, 1.54) is 11.6 Å². The zero-order chi connectivity index (χ0) is 20.7. The van der Waals surface area contributed by atoms with Crippen molar-refractivity contribution in [2.45, 2.75) is 6.54 Å². The minimum Gasteiger partial charge on any atom is -0.425 e. The van der Waals surface area contributed by atoms with Crippen LogP contribution in [-0.4, -0.2) is 18.7 Å². The number of hydrogen-bond acceptors (Lipinski definition) is 4. The highest BCUT2D eigenvalue weighted by Gasteiger charge is 2.21. The molecular weight excluding hydrogens is 415 g/mol. The lowest BCUT2D eigenvalue weighted by Gasteiger charge is -2.11. The Morgan fingerprint density at radius 3 is 2.41 bits per heavy atom. The van der Waals surface area contributed by atoms with Gasteiger partial charge in [-0.2, -0.15) is 4.98 Å². The van der Waals surface area contributed by atoms with Gasteiger partial charge in [0.05, 0.1) is 6.54 Å². The minimum absolute atomic E-state index is 0.176. The average Bonchev–Trinajstić information content (AvgIpc) is 3.05. The van der Waals surface area contributed by atoms with E-state index in [9.17, 15) is 9.59 Å².